The van der Waals surface area contributed by atoms with Crippen molar-refractivity contribution in [1.29, 1.82) is 0 Å². The number of benzene rings is 1. The zero-order valence-corrected chi connectivity index (χ0v) is 14.5. The highest BCUT2D eigenvalue weighted by Gasteiger charge is 2.27. The van der Waals surface area contributed by atoms with Crippen LogP contribution in [-0.2, 0) is 4.74 Å². The monoisotopic (exact) mass is 350 g/mol. The van der Waals surface area contributed by atoms with Gasteiger partial charge in [-0.05, 0) is 37.9 Å². The number of imidazole rings is 1. The van der Waals surface area contributed by atoms with Gasteiger partial charge in [0.2, 0.25) is 5.28 Å². The molecule has 0 saturated heterocycles. The number of aromatic nitrogens is 2. The third-order valence-electron chi connectivity index (χ3n) is 3.32. The van der Waals surface area contributed by atoms with E-state index in [1.807, 2.05) is 37.3 Å². The minimum absolute atomic E-state index is 0.0134. The fourth-order valence-corrected chi connectivity index (χ4v) is 2.85. The van der Waals surface area contributed by atoms with E-state index in [0.29, 0.717) is 0 Å². The Labute approximate surface area is 145 Å². The first-order valence-corrected chi connectivity index (χ1v) is 7.82. The van der Waals surface area contributed by atoms with Crippen LogP contribution in [0, 0.1) is 11.8 Å². The van der Waals surface area contributed by atoms with Crippen LogP contribution in [0.1, 0.15) is 42.9 Å². The first-order chi connectivity index (χ1) is 11.0. The second kappa shape index (κ2) is 7.54. The van der Waals surface area contributed by atoms with Crippen molar-refractivity contribution < 1.29 is 9.53 Å². The summed E-state index contributed by atoms with van der Waals surface area (Å²) in [4.78, 5) is 16.4. The van der Waals surface area contributed by atoms with Crippen molar-refractivity contribution in [3.63, 3.8) is 0 Å². The summed E-state index contributed by atoms with van der Waals surface area (Å²) in [6.07, 6.45) is -0.544. The first kappa shape index (κ1) is 17.4. The van der Waals surface area contributed by atoms with Crippen LogP contribution in [-0.4, -0.2) is 21.6 Å². The molecule has 2 aromatic rings. The Balaban J connectivity index is 2.41. The van der Waals surface area contributed by atoms with E-state index in [2.05, 4.69) is 16.8 Å². The molecule has 1 aromatic carbocycles. The third-order valence-corrected chi connectivity index (χ3v) is 3.85. The summed E-state index contributed by atoms with van der Waals surface area (Å²) in [5, 5.41) is 0.145. The number of hydrogen-bond acceptors (Lipinski definition) is 3. The van der Waals surface area contributed by atoms with E-state index in [-0.39, 0.29) is 22.2 Å². The zero-order valence-electron chi connectivity index (χ0n) is 13.0. The van der Waals surface area contributed by atoms with Gasteiger partial charge in [0.25, 0.3) is 0 Å². The maximum atomic E-state index is 12.4. The molecule has 6 heteroatoms. The van der Waals surface area contributed by atoms with Gasteiger partial charge in [-0.25, -0.2) is 9.78 Å². The molecular formula is C17H16Cl2N2O2. The number of nitrogens with zero attached hydrogens (tertiary/aromatic N) is 2. The third kappa shape index (κ3) is 3.87. The zero-order chi connectivity index (χ0) is 17.0. The van der Waals surface area contributed by atoms with Crippen LogP contribution in [0.3, 0.4) is 0 Å². The standard InChI is InChI=1S/C17H16Cl2N2O2/c1-4-8-11(2)23-16(22)14-15(18)20-17(19)21(14)12(3)13-9-6-5-7-10-13/h5-7,9-12H,1-3H3/t11?,12-/m1/s1. The Hall–Kier alpha value is -1.96. The van der Waals surface area contributed by atoms with Gasteiger partial charge in [0.05, 0.1) is 6.04 Å². The minimum atomic E-state index is -0.604. The lowest BCUT2D eigenvalue weighted by atomic mass is 10.1. The molecule has 1 unspecified atom stereocenters. The van der Waals surface area contributed by atoms with Crippen LogP contribution in [0.4, 0.5) is 0 Å². The Morgan fingerprint density at radius 1 is 1.26 bits per heavy atom. The molecule has 120 valence electrons. The minimum Gasteiger partial charge on any atom is -0.445 e. The lowest BCUT2D eigenvalue weighted by molar-refractivity contribution is 0.0425. The molecule has 0 bridgehead atoms. The van der Waals surface area contributed by atoms with Crippen LogP contribution in [0.15, 0.2) is 30.3 Å². The summed E-state index contributed by atoms with van der Waals surface area (Å²) in [5.41, 5.74) is 1.09. The highest BCUT2D eigenvalue weighted by Crippen LogP contribution is 2.29. The van der Waals surface area contributed by atoms with Crippen LogP contribution in [0.25, 0.3) is 0 Å². The molecule has 23 heavy (non-hydrogen) atoms. The number of esters is 1. The SMILES string of the molecule is CC#CC(C)OC(=O)c1c(Cl)nc(Cl)n1[C@H](C)c1ccccc1. The molecule has 0 spiro atoms. The van der Waals surface area contributed by atoms with Gasteiger partial charge in [-0.15, -0.1) is 5.92 Å². The molecule has 0 fully saturated rings. The van der Waals surface area contributed by atoms with Crippen LogP contribution in [0.2, 0.25) is 10.4 Å². The molecule has 2 atom stereocenters. The van der Waals surface area contributed by atoms with Crippen molar-refractivity contribution in [3.05, 3.63) is 52.0 Å². The lowest BCUT2D eigenvalue weighted by Crippen LogP contribution is -2.20. The molecule has 1 heterocycles. The molecule has 0 amide bonds. The topological polar surface area (TPSA) is 44.1 Å². The van der Waals surface area contributed by atoms with Crippen molar-refractivity contribution in [3.8, 4) is 11.8 Å². The van der Waals surface area contributed by atoms with Gasteiger partial charge in [-0.1, -0.05) is 47.9 Å². The predicted molar refractivity (Wildman–Crippen MR) is 90.8 cm³/mol. The summed E-state index contributed by atoms with van der Waals surface area (Å²) >= 11 is 12.3. The smallest absolute Gasteiger partial charge is 0.359 e. The molecule has 4 nitrogen and oxygen atoms in total. The molecule has 0 radical (unpaired) electrons. The van der Waals surface area contributed by atoms with Crippen molar-refractivity contribution in [2.45, 2.75) is 32.9 Å². The van der Waals surface area contributed by atoms with Gasteiger partial charge >= 0.3 is 5.97 Å². The fourth-order valence-electron chi connectivity index (χ4n) is 2.25. The number of hydrogen-bond donors (Lipinski definition) is 0. The van der Waals surface area contributed by atoms with Gasteiger partial charge in [0, 0.05) is 0 Å². The Bertz CT molecular complexity index is 760. The average molecular weight is 351 g/mol. The molecule has 0 aliphatic rings. The molecular weight excluding hydrogens is 335 g/mol. The number of ether oxygens (including phenoxy) is 1. The van der Waals surface area contributed by atoms with Gasteiger partial charge in [0.15, 0.2) is 17.0 Å². The van der Waals surface area contributed by atoms with E-state index in [1.165, 1.54) is 0 Å². The van der Waals surface area contributed by atoms with Crippen LogP contribution < -0.4 is 0 Å². The van der Waals surface area contributed by atoms with E-state index in [1.54, 1.807) is 18.4 Å². The summed E-state index contributed by atoms with van der Waals surface area (Å²) < 4.78 is 6.84. The van der Waals surface area contributed by atoms with Crippen molar-refractivity contribution >= 4 is 29.2 Å². The van der Waals surface area contributed by atoms with Gasteiger partial charge in [0.1, 0.15) is 0 Å². The van der Waals surface area contributed by atoms with E-state index in [9.17, 15) is 4.79 Å². The maximum absolute atomic E-state index is 12.4. The van der Waals surface area contributed by atoms with E-state index in [4.69, 9.17) is 27.9 Å². The molecule has 0 aliphatic heterocycles. The second-order valence-corrected chi connectivity index (χ2v) is 5.61. The van der Waals surface area contributed by atoms with Crippen LogP contribution in [0.5, 0.6) is 0 Å². The largest absolute Gasteiger partial charge is 0.445 e. The Morgan fingerprint density at radius 2 is 1.91 bits per heavy atom. The quantitative estimate of drug-likeness (QED) is 0.607. The lowest BCUT2D eigenvalue weighted by Gasteiger charge is -2.18. The van der Waals surface area contributed by atoms with Gasteiger partial charge < -0.3 is 9.30 Å². The molecule has 0 aliphatic carbocycles. The predicted octanol–water partition coefficient (Wildman–Crippen LogP) is 4.37. The highest BCUT2D eigenvalue weighted by molar-refractivity contribution is 6.34. The molecule has 0 N–H and O–H groups in total. The van der Waals surface area contributed by atoms with Gasteiger partial charge in [-0.3, -0.25) is 0 Å². The van der Waals surface area contributed by atoms with E-state index in [0.717, 1.165) is 5.56 Å². The molecule has 0 saturated carbocycles. The molecule has 1 aromatic heterocycles. The van der Waals surface area contributed by atoms with Crippen LogP contribution >= 0.6 is 23.2 Å². The van der Waals surface area contributed by atoms with Crippen molar-refractivity contribution in [1.82, 2.24) is 9.55 Å². The van der Waals surface area contributed by atoms with Crippen molar-refractivity contribution in [2.24, 2.45) is 0 Å². The fraction of sp³-hybridized carbons (Fsp3) is 0.294. The number of carbonyl (C=O) groups is 1. The average Bonchev–Trinajstić information content (AvgIpc) is 2.82. The van der Waals surface area contributed by atoms with E-state index < -0.39 is 12.1 Å². The normalized spacial score (nSPS) is 12.9. The summed E-state index contributed by atoms with van der Waals surface area (Å²) in [7, 11) is 0. The number of carbonyl (C=O) groups excluding carboxylic acids is 1. The molecule has 2 rings (SSSR count). The first-order valence-electron chi connectivity index (χ1n) is 7.07. The Morgan fingerprint density at radius 3 is 2.52 bits per heavy atom. The van der Waals surface area contributed by atoms with Crippen molar-refractivity contribution in [2.75, 3.05) is 0 Å². The summed E-state index contributed by atoms with van der Waals surface area (Å²) in [5.74, 6) is 4.85. The summed E-state index contributed by atoms with van der Waals surface area (Å²) in [6.45, 7) is 5.27. The van der Waals surface area contributed by atoms with E-state index >= 15 is 0 Å². The highest BCUT2D eigenvalue weighted by atomic mass is 35.5. The number of rotatable bonds is 4. The second-order valence-electron chi connectivity index (χ2n) is 4.92. The summed E-state index contributed by atoms with van der Waals surface area (Å²) in [6, 6.07) is 9.40. The number of halogens is 2. The maximum Gasteiger partial charge on any atom is 0.359 e. The Kier molecular flexibility index (Phi) is 5.70. The van der Waals surface area contributed by atoms with Gasteiger partial charge in [-0.2, -0.15) is 0 Å².